The quantitative estimate of drug-likeness (QED) is 0.633. The minimum Gasteiger partial charge on any atom is -0.493 e. The van der Waals surface area contributed by atoms with Crippen molar-refractivity contribution in [2.45, 2.75) is 64.7 Å². The summed E-state index contributed by atoms with van der Waals surface area (Å²) in [6, 6.07) is 10.1. The molecular weight excluding hydrogens is 364 g/mol. The molecule has 4 nitrogen and oxygen atoms in total. The highest BCUT2D eigenvalue weighted by atomic mass is 16.5. The van der Waals surface area contributed by atoms with E-state index >= 15 is 0 Å². The Morgan fingerprint density at radius 2 is 1.45 bits per heavy atom. The minimum absolute atomic E-state index is 0.0175. The van der Waals surface area contributed by atoms with E-state index in [2.05, 4.69) is 33.8 Å². The third-order valence-electron chi connectivity index (χ3n) is 6.05. The highest BCUT2D eigenvalue weighted by molar-refractivity contribution is 6.11. The van der Waals surface area contributed by atoms with Crippen molar-refractivity contribution in [1.82, 2.24) is 0 Å². The Morgan fingerprint density at radius 3 is 1.97 bits per heavy atom. The van der Waals surface area contributed by atoms with Gasteiger partial charge in [-0.3, -0.25) is 4.79 Å². The zero-order valence-corrected chi connectivity index (χ0v) is 18.0. The number of rotatable bonds is 6. The minimum atomic E-state index is -1.01. The monoisotopic (exact) mass is 394 g/mol. The number of benzene rings is 2. The van der Waals surface area contributed by atoms with Crippen LogP contribution in [0.5, 0.6) is 5.75 Å². The molecule has 1 aliphatic carbocycles. The Labute approximate surface area is 172 Å². The average molecular weight is 395 g/mol. The maximum absolute atomic E-state index is 13.3. The molecule has 1 aliphatic rings. The van der Waals surface area contributed by atoms with E-state index in [-0.39, 0.29) is 22.2 Å². The van der Waals surface area contributed by atoms with E-state index in [0.717, 1.165) is 19.3 Å². The SMILES string of the molecule is CCCOc1cc2c(cc1C(=O)c1ccc(C(=O)O)cc1)C(C)(C)CCC2(C)C. The van der Waals surface area contributed by atoms with Gasteiger partial charge in [0.2, 0.25) is 0 Å². The Bertz CT molecular complexity index is 936. The van der Waals surface area contributed by atoms with Gasteiger partial charge >= 0.3 is 5.97 Å². The number of carbonyl (C=O) groups excluding carboxylic acids is 1. The fraction of sp³-hybridized carbons (Fsp3) is 0.440. The molecule has 0 aromatic heterocycles. The molecule has 0 spiro atoms. The third-order valence-corrected chi connectivity index (χ3v) is 6.05. The number of fused-ring (bicyclic) bond motifs is 1. The lowest BCUT2D eigenvalue weighted by Gasteiger charge is -2.42. The van der Waals surface area contributed by atoms with Gasteiger partial charge in [-0.1, -0.05) is 46.8 Å². The number of ketones is 1. The van der Waals surface area contributed by atoms with Gasteiger partial charge in [0.05, 0.1) is 17.7 Å². The first kappa shape index (κ1) is 21.1. The van der Waals surface area contributed by atoms with Crippen molar-refractivity contribution >= 4 is 11.8 Å². The molecule has 0 saturated carbocycles. The summed E-state index contributed by atoms with van der Waals surface area (Å²) in [5, 5.41) is 9.11. The van der Waals surface area contributed by atoms with E-state index in [1.807, 2.05) is 13.0 Å². The zero-order chi connectivity index (χ0) is 21.4. The molecule has 3 rings (SSSR count). The molecule has 2 aromatic carbocycles. The summed E-state index contributed by atoms with van der Waals surface area (Å²) >= 11 is 0. The van der Waals surface area contributed by atoms with Gasteiger partial charge in [-0.2, -0.15) is 0 Å². The maximum Gasteiger partial charge on any atom is 0.335 e. The molecule has 0 fully saturated rings. The lowest BCUT2D eigenvalue weighted by atomic mass is 9.62. The van der Waals surface area contributed by atoms with Crippen LogP contribution < -0.4 is 4.74 Å². The molecule has 0 unspecified atom stereocenters. The number of carboxylic acids is 1. The van der Waals surface area contributed by atoms with Crippen molar-refractivity contribution in [2.75, 3.05) is 6.61 Å². The van der Waals surface area contributed by atoms with Crippen molar-refractivity contribution < 1.29 is 19.4 Å². The first-order chi connectivity index (χ1) is 13.6. The van der Waals surface area contributed by atoms with E-state index in [1.54, 1.807) is 12.1 Å². The highest BCUT2D eigenvalue weighted by Crippen LogP contribution is 2.48. The van der Waals surface area contributed by atoms with Crippen LogP contribution in [0.2, 0.25) is 0 Å². The van der Waals surface area contributed by atoms with Gasteiger partial charge in [0.1, 0.15) is 5.75 Å². The normalized spacial score (nSPS) is 16.7. The lowest BCUT2D eigenvalue weighted by molar-refractivity contribution is 0.0696. The lowest BCUT2D eigenvalue weighted by Crippen LogP contribution is -2.34. The van der Waals surface area contributed by atoms with Crippen molar-refractivity contribution in [2.24, 2.45) is 0 Å². The summed E-state index contributed by atoms with van der Waals surface area (Å²) in [7, 11) is 0. The third kappa shape index (κ3) is 4.07. The van der Waals surface area contributed by atoms with Crippen LogP contribution >= 0.6 is 0 Å². The fourth-order valence-electron chi connectivity index (χ4n) is 4.02. The molecule has 0 aliphatic heterocycles. The maximum atomic E-state index is 13.3. The molecule has 2 aromatic rings. The van der Waals surface area contributed by atoms with Crippen LogP contribution in [0.25, 0.3) is 0 Å². The van der Waals surface area contributed by atoms with E-state index in [1.165, 1.54) is 23.3 Å². The predicted molar refractivity (Wildman–Crippen MR) is 114 cm³/mol. The van der Waals surface area contributed by atoms with Gasteiger partial charge in [0, 0.05) is 5.56 Å². The Morgan fingerprint density at radius 1 is 0.931 bits per heavy atom. The number of carbonyl (C=O) groups is 2. The van der Waals surface area contributed by atoms with Gasteiger partial charge in [0.25, 0.3) is 0 Å². The number of hydrogen-bond donors (Lipinski definition) is 1. The number of hydrogen-bond acceptors (Lipinski definition) is 3. The van der Waals surface area contributed by atoms with E-state index < -0.39 is 5.97 Å². The number of aromatic carboxylic acids is 1. The Hall–Kier alpha value is -2.62. The van der Waals surface area contributed by atoms with Crippen molar-refractivity contribution in [3.8, 4) is 5.75 Å². The second kappa shape index (κ2) is 7.66. The van der Waals surface area contributed by atoms with Crippen LogP contribution in [0.15, 0.2) is 36.4 Å². The van der Waals surface area contributed by atoms with Crippen LogP contribution in [0, 0.1) is 0 Å². The van der Waals surface area contributed by atoms with E-state index in [0.29, 0.717) is 23.5 Å². The number of carboxylic acid groups (broad SMARTS) is 1. The van der Waals surface area contributed by atoms with Crippen LogP contribution in [0.3, 0.4) is 0 Å². The Balaban J connectivity index is 2.13. The topological polar surface area (TPSA) is 63.6 Å². The van der Waals surface area contributed by atoms with Crippen molar-refractivity contribution in [3.05, 3.63) is 64.2 Å². The summed E-state index contributed by atoms with van der Waals surface area (Å²) in [6.07, 6.45) is 3.00. The van der Waals surface area contributed by atoms with E-state index in [9.17, 15) is 9.59 Å². The molecule has 0 amide bonds. The molecule has 0 heterocycles. The molecule has 29 heavy (non-hydrogen) atoms. The van der Waals surface area contributed by atoms with Crippen LogP contribution in [0.1, 0.15) is 91.3 Å². The second-order valence-electron chi connectivity index (χ2n) is 9.22. The van der Waals surface area contributed by atoms with E-state index in [4.69, 9.17) is 9.84 Å². The summed E-state index contributed by atoms with van der Waals surface area (Å²) in [4.78, 5) is 24.5. The van der Waals surface area contributed by atoms with Crippen molar-refractivity contribution in [1.29, 1.82) is 0 Å². The first-order valence-corrected chi connectivity index (χ1v) is 10.3. The zero-order valence-electron chi connectivity index (χ0n) is 18.0. The summed E-state index contributed by atoms with van der Waals surface area (Å²) in [6.45, 7) is 11.5. The van der Waals surface area contributed by atoms with Gasteiger partial charge in [-0.15, -0.1) is 0 Å². The number of ether oxygens (including phenoxy) is 1. The summed E-state index contributed by atoms with van der Waals surface area (Å²) in [5.74, 6) is -0.535. The standard InChI is InChI=1S/C25H30O4/c1-6-13-29-21-15-20-19(24(2,3)11-12-25(20,4)5)14-18(21)22(26)16-7-9-17(10-8-16)23(27)28/h7-10,14-15H,6,11-13H2,1-5H3,(H,27,28). The molecule has 0 radical (unpaired) electrons. The molecule has 0 atom stereocenters. The van der Waals surface area contributed by atoms with Gasteiger partial charge in [-0.25, -0.2) is 4.79 Å². The molecule has 0 bridgehead atoms. The fourth-order valence-corrected chi connectivity index (χ4v) is 4.02. The predicted octanol–water partition coefficient (Wildman–Crippen LogP) is 5.75. The largest absolute Gasteiger partial charge is 0.493 e. The summed E-state index contributed by atoms with van der Waals surface area (Å²) in [5.41, 5.74) is 3.63. The van der Waals surface area contributed by atoms with Gasteiger partial charge < -0.3 is 9.84 Å². The van der Waals surface area contributed by atoms with Gasteiger partial charge in [0.15, 0.2) is 5.78 Å². The van der Waals surface area contributed by atoms with Crippen LogP contribution in [-0.4, -0.2) is 23.5 Å². The Kier molecular flexibility index (Phi) is 5.57. The molecule has 0 saturated heterocycles. The molecular formula is C25H30O4. The molecule has 154 valence electrons. The molecule has 1 N–H and O–H groups in total. The van der Waals surface area contributed by atoms with Crippen molar-refractivity contribution in [3.63, 3.8) is 0 Å². The van der Waals surface area contributed by atoms with Crippen LogP contribution in [0.4, 0.5) is 0 Å². The van der Waals surface area contributed by atoms with Crippen LogP contribution in [-0.2, 0) is 10.8 Å². The second-order valence-corrected chi connectivity index (χ2v) is 9.22. The van der Waals surface area contributed by atoms with Gasteiger partial charge in [-0.05, 0) is 65.5 Å². The smallest absolute Gasteiger partial charge is 0.335 e. The molecule has 4 heteroatoms. The highest BCUT2D eigenvalue weighted by Gasteiger charge is 2.38. The first-order valence-electron chi connectivity index (χ1n) is 10.3. The average Bonchev–Trinajstić information content (AvgIpc) is 2.69. The summed E-state index contributed by atoms with van der Waals surface area (Å²) < 4.78 is 6.00.